The summed E-state index contributed by atoms with van der Waals surface area (Å²) in [6.45, 7) is 1.48. The van der Waals surface area contributed by atoms with Gasteiger partial charge >= 0.3 is 0 Å². The summed E-state index contributed by atoms with van der Waals surface area (Å²) in [7, 11) is 0. The molecule has 0 aromatic heterocycles. The Morgan fingerprint density at radius 3 is 2.24 bits per heavy atom. The van der Waals surface area contributed by atoms with Gasteiger partial charge < -0.3 is 44.8 Å². The summed E-state index contributed by atoms with van der Waals surface area (Å²) in [6.07, 6.45) is -7.26. The highest BCUT2D eigenvalue weighted by Gasteiger charge is 2.48. The quantitative estimate of drug-likeness (QED) is 0.293. The third-order valence-electron chi connectivity index (χ3n) is 4.87. The van der Waals surface area contributed by atoms with Gasteiger partial charge in [-0.2, -0.15) is 0 Å². The van der Waals surface area contributed by atoms with Crippen molar-refractivity contribution in [3.05, 3.63) is 0 Å². The summed E-state index contributed by atoms with van der Waals surface area (Å²) in [5, 5.41) is 59.6. The fourth-order valence-corrected chi connectivity index (χ4v) is 3.44. The van der Waals surface area contributed by atoms with Crippen molar-refractivity contribution in [3.8, 4) is 0 Å². The first-order valence-corrected chi connectivity index (χ1v) is 8.79. The third-order valence-corrected chi connectivity index (χ3v) is 4.87. The van der Waals surface area contributed by atoms with Crippen LogP contribution in [0.2, 0.25) is 0 Å². The zero-order chi connectivity index (χ0) is 18.6. The largest absolute Gasteiger partial charge is 0.394 e. The molecule has 0 aromatic rings. The highest BCUT2D eigenvalue weighted by atomic mass is 16.7. The van der Waals surface area contributed by atoms with Gasteiger partial charge in [0.2, 0.25) is 0 Å². The Balaban J connectivity index is 2.10. The second kappa shape index (κ2) is 9.54. The number of ether oxygens (including phenoxy) is 3. The van der Waals surface area contributed by atoms with Crippen LogP contribution in [0.25, 0.3) is 0 Å². The molecule has 0 unspecified atom stereocenters. The maximum atomic E-state index is 10.5. The van der Waals surface area contributed by atoms with Crippen molar-refractivity contribution >= 4 is 0 Å². The normalized spacial score (nSPS) is 45.5. The molecule has 0 spiro atoms. The minimum absolute atomic E-state index is 0.0168. The Kier molecular flexibility index (Phi) is 7.99. The molecule has 0 aliphatic carbocycles. The predicted octanol–water partition coefficient (Wildman–Crippen LogP) is -2.27. The summed E-state index contributed by atoms with van der Waals surface area (Å²) >= 11 is 0. The van der Waals surface area contributed by atoms with Gasteiger partial charge in [0.15, 0.2) is 6.29 Å². The van der Waals surface area contributed by atoms with Gasteiger partial charge in [0.25, 0.3) is 0 Å². The van der Waals surface area contributed by atoms with E-state index < -0.39 is 61.5 Å². The molecule has 2 rings (SSSR count). The van der Waals surface area contributed by atoms with Crippen molar-refractivity contribution < 1.29 is 44.8 Å². The van der Waals surface area contributed by atoms with Gasteiger partial charge in [0, 0.05) is 18.9 Å². The van der Waals surface area contributed by atoms with Crippen molar-refractivity contribution in [1.29, 1.82) is 0 Å². The Labute approximate surface area is 146 Å². The summed E-state index contributed by atoms with van der Waals surface area (Å²) in [4.78, 5) is 0. The molecular weight excluding hydrogens is 336 g/mol. The minimum atomic E-state index is -1.20. The Bertz CT molecular complexity index is 396. The van der Waals surface area contributed by atoms with Crippen LogP contribution in [0.4, 0.5) is 0 Å². The predicted molar refractivity (Wildman–Crippen MR) is 84.5 cm³/mol. The van der Waals surface area contributed by atoms with Crippen molar-refractivity contribution in [3.63, 3.8) is 0 Å². The lowest BCUT2D eigenvalue weighted by Gasteiger charge is -2.45. The molecule has 2 fully saturated rings. The molecule has 0 radical (unpaired) electrons. The lowest BCUT2D eigenvalue weighted by molar-refractivity contribution is -0.296. The number of aliphatic hydroxyl groups is 6. The second-order valence-corrected chi connectivity index (χ2v) is 6.75. The van der Waals surface area contributed by atoms with Crippen molar-refractivity contribution in [2.24, 2.45) is 5.92 Å². The fourth-order valence-electron chi connectivity index (χ4n) is 3.44. The molecular formula is C16H30O9. The van der Waals surface area contributed by atoms with E-state index in [0.29, 0.717) is 13.0 Å². The molecule has 2 aliphatic heterocycles. The maximum absolute atomic E-state index is 10.5. The smallest absolute Gasteiger partial charge is 0.184 e. The molecule has 148 valence electrons. The zero-order valence-corrected chi connectivity index (χ0v) is 14.3. The van der Waals surface area contributed by atoms with Crippen molar-refractivity contribution in [2.75, 3.05) is 19.8 Å². The first kappa shape index (κ1) is 20.9. The van der Waals surface area contributed by atoms with Gasteiger partial charge in [-0.3, -0.25) is 0 Å². The minimum Gasteiger partial charge on any atom is -0.394 e. The van der Waals surface area contributed by atoms with Gasteiger partial charge in [-0.05, 0) is 12.8 Å². The molecule has 25 heavy (non-hydrogen) atoms. The van der Waals surface area contributed by atoms with Crippen LogP contribution >= 0.6 is 0 Å². The summed E-state index contributed by atoms with van der Waals surface area (Å²) in [5.41, 5.74) is 0. The molecule has 6 N–H and O–H groups in total. The van der Waals surface area contributed by atoms with Crippen molar-refractivity contribution in [1.82, 2.24) is 0 Å². The molecule has 2 heterocycles. The maximum Gasteiger partial charge on any atom is 0.184 e. The molecule has 0 saturated carbocycles. The highest BCUT2D eigenvalue weighted by Crippen LogP contribution is 2.34. The van der Waals surface area contributed by atoms with E-state index >= 15 is 0 Å². The monoisotopic (exact) mass is 366 g/mol. The van der Waals surface area contributed by atoms with Crippen LogP contribution in [-0.2, 0) is 14.2 Å². The van der Waals surface area contributed by atoms with E-state index in [-0.39, 0.29) is 19.4 Å². The lowest BCUT2D eigenvalue weighted by Crippen LogP contribution is -2.58. The fraction of sp³-hybridized carbons (Fsp3) is 1.00. The van der Waals surface area contributed by atoms with Gasteiger partial charge in [0.05, 0.1) is 37.6 Å². The van der Waals surface area contributed by atoms with Gasteiger partial charge in [0.1, 0.15) is 18.3 Å². The van der Waals surface area contributed by atoms with Gasteiger partial charge in [-0.1, -0.05) is 6.92 Å². The second-order valence-electron chi connectivity index (χ2n) is 6.75. The van der Waals surface area contributed by atoms with E-state index in [0.717, 1.165) is 0 Å². The Morgan fingerprint density at radius 2 is 1.64 bits per heavy atom. The highest BCUT2D eigenvalue weighted by molar-refractivity contribution is 4.94. The van der Waals surface area contributed by atoms with Crippen molar-refractivity contribution in [2.45, 2.75) is 75.2 Å². The number of hydrogen-bond acceptors (Lipinski definition) is 9. The SMILES string of the molecule is CCCO[C@H]1O[C@H](CO)[C@@H](O)[C@H](C[C@H]2O[C@H](CO)C[C@H](O)[C@@H]2O)[C@@H]1O. The average molecular weight is 366 g/mol. The lowest BCUT2D eigenvalue weighted by atomic mass is 9.82. The molecule has 2 saturated heterocycles. The molecule has 0 aromatic carbocycles. The topological polar surface area (TPSA) is 149 Å². The van der Waals surface area contributed by atoms with Crippen LogP contribution in [0.3, 0.4) is 0 Å². The molecule has 2 aliphatic rings. The van der Waals surface area contributed by atoms with Crippen LogP contribution in [-0.4, -0.2) is 99.5 Å². The first-order chi connectivity index (χ1) is 11.9. The number of rotatable bonds is 7. The van der Waals surface area contributed by atoms with Crippen LogP contribution < -0.4 is 0 Å². The average Bonchev–Trinajstić information content (AvgIpc) is 2.61. The van der Waals surface area contributed by atoms with Crippen LogP contribution in [0.5, 0.6) is 0 Å². The molecule has 9 heteroatoms. The summed E-state index contributed by atoms with van der Waals surface area (Å²) in [6, 6.07) is 0. The summed E-state index contributed by atoms with van der Waals surface area (Å²) in [5.74, 6) is -0.794. The molecule has 9 nitrogen and oxygen atoms in total. The molecule has 0 bridgehead atoms. The molecule has 0 amide bonds. The van der Waals surface area contributed by atoms with Gasteiger partial charge in [-0.15, -0.1) is 0 Å². The Morgan fingerprint density at radius 1 is 0.920 bits per heavy atom. The van der Waals surface area contributed by atoms with Crippen LogP contribution in [0.1, 0.15) is 26.2 Å². The zero-order valence-electron chi connectivity index (χ0n) is 14.3. The van der Waals surface area contributed by atoms with E-state index in [4.69, 9.17) is 14.2 Å². The van der Waals surface area contributed by atoms with E-state index in [1.807, 2.05) is 6.92 Å². The third kappa shape index (κ3) is 4.88. The van der Waals surface area contributed by atoms with E-state index in [1.165, 1.54) is 0 Å². The van der Waals surface area contributed by atoms with Crippen LogP contribution in [0, 0.1) is 5.92 Å². The first-order valence-electron chi connectivity index (χ1n) is 8.79. The van der Waals surface area contributed by atoms with E-state index in [9.17, 15) is 30.6 Å². The van der Waals surface area contributed by atoms with Crippen LogP contribution in [0.15, 0.2) is 0 Å². The van der Waals surface area contributed by atoms with Gasteiger partial charge in [-0.25, -0.2) is 0 Å². The summed E-state index contributed by atoms with van der Waals surface area (Å²) < 4.78 is 16.4. The number of aliphatic hydroxyl groups excluding tert-OH is 6. The van der Waals surface area contributed by atoms with E-state index in [2.05, 4.69) is 0 Å². The van der Waals surface area contributed by atoms with E-state index in [1.54, 1.807) is 0 Å². The standard InChI is InChI=1S/C16H30O9/c1-2-3-23-16-14(21)9(13(20)12(7-18)25-16)5-11-15(22)10(19)4-8(6-17)24-11/h8-22H,2-7H2,1H3/t8-,9-,10-,11+,12+,13-,14-,15-,16-/m0/s1. The molecule has 9 atom stereocenters. The number of hydrogen-bond donors (Lipinski definition) is 6. The Hall–Kier alpha value is -0.360.